The molecule has 0 saturated carbocycles. The largest absolute Gasteiger partial charge is 0.478 e. The van der Waals surface area contributed by atoms with Gasteiger partial charge < -0.3 is 5.11 Å². The highest BCUT2D eigenvalue weighted by molar-refractivity contribution is 5.89. The van der Waals surface area contributed by atoms with Gasteiger partial charge in [0.25, 0.3) is 0 Å². The van der Waals surface area contributed by atoms with Crippen LogP contribution < -0.4 is 0 Å². The average molecular weight is 210 g/mol. The Morgan fingerprint density at radius 2 is 2.13 bits per heavy atom. The second kappa shape index (κ2) is 5.94. The van der Waals surface area contributed by atoms with Crippen molar-refractivity contribution in [3.63, 3.8) is 0 Å². The summed E-state index contributed by atoms with van der Waals surface area (Å²) in [6, 6.07) is 0. The SMILES string of the molecule is CCCCC(CC)CC1=C(C(=O)O)CC1. The van der Waals surface area contributed by atoms with Crippen molar-refractivity contribution < 1.29 is 9.90 Å². The zero-order chi connectivity index (χ0) is 11.3. The number of allylic oxidation sites excluding steroid dienone is 1. The Labute approximate surface area is 92.4 Å². The summed E-state index contributed by atoms with van der Waals surface area (Å²) >= 11 is 0. The number of rotatable bonds is 7. The van der Waals surface area contributed by atoms with E-state index >= 15 is 0 Å². The van der Waals surface area contributed by atoms with Crippen LogP contribution in [0.1, 0.15) is 58.8 Å². The molecule has 1 aliphatic rings. The minimum Gasteiger partial charge on any atom is -0.478 e. The Bertz CT molecular complexity index is 253. The van der Waals surface area contributed by atoms with Crippen molar-refractivity contribution in [3.05, 3.63) is 11.1 Å². The molecule has 0 aromatic rings. The van der Waals surface area contributed by atoms with Crippen LogP contribution in [0.5, 0.6) is 0 Å². The van der Waals surface area contributed by atoms with E-state index < -0.39 is 5.97 Å². The first-order chi connectivity index (χ1) is 7.19. The van der Waals surface area contributed by atoms with Crippen LogP contribution in [0, 0.1) is 5.92 Å². The minimum absolute atomic E-state index is 0.693. The van der Waals surface area contributed by atoms with Crippen LogP contribution in [0.25, 0.3) is 0 Å². The number of hydrogen-bond donors (Lipinski definition) is 1. The molecule has 1 rings (SSSR count). The molecule has 2 heteroatoms. The number of carboxylic acid groups (broad SMARTS) is 1. The Morgan fingerprint density at radius 3 is 2.53 bits per heavy atom. The Balaban J connectivity index is 2.45. The minimum atomic E-state index is -0.693. The van der Waals surface area contributed by atoms with Gasteiger partial charge in [-0.15, -0.1) is 0 Å². The first kappa shape index (κ1) is 12.3. The zero-order valence-electron chi connectivity index (χ0n) is 9.88. The molecule has 0 aromatic carbocycles. The highest BCUT2D eigenvalue weighted by atomic mass is 16.4. The molecule has 1 aliphatic carbocycles. The number of unbranched alkanes of at least 4 members (excludes halogenated alkanes) is 1. The summed E-state index contributed by atoms with van der Waals surface area (Å²) in [6.07, 6.45) is 7.77. The van der Waals surface area contributed by atoms with E-state index in [4.69, 9.17) is 5.11 Å². The quantitative estimate of drug-likeness (QED) is 0.694. The van der Waals surface area contributed by atoms with Crippen molar-refractivity contribution >= 4 is 5.97 Å². The molecule has 0 bridgehead atoms. The maximum Gasteiger partial charge on any atom is 0.331 e. The van der Waals surface area contributed by atoms with Crippen molar-refractivity contribution in [1.82, 2.24) is 0 Å². The van der Waals surface area contributed by atoms with E-state index in [-0.39, 0.29) is 0 Å². The van der Waals surface area contributed by atoms with E-state index in [1.165, 1.54) is 31.3 Å². The summed E-state index contributed by atoms with van der Waals surface area (Å²) in [5.41, 5.74) is 1.91. The summed E-state index contributed by atoms with van der Waals surface area (Å²) in [5.74, 6) is 0.0104. The number of aliphatic carboxylic acids is 1. The summed E-state index contributed by atoms with van der Waals surface area (Å²) in [7, 11) is 0. The average Bonchev–Trinajstić information content (AvgIpc) is 2.15. The molecule has 1 unspecified atom stereocenters. The predicted octanol–water partition coefficient (Wildman–Crippen LogP) is 3.77. The van der Waals surface area contributed by atoms with E-state index in [2.05, 4.69) is 13.8 Å². The van der Waals surface area contributed by atoms with Crippen molar-refractivity contribution in [1.29, 1.82) is 0 Å². The van der Waals surface area contributed by atoms with Gasteiger partial charge in [0.05, 0.1) is 0 Å². The van der Waals surface area contributed by atoms with E-state index in [1.807, 2.05) is 0 Å². The molecule has 15 heavy (non-hydrogen) atoms. The molecular formula is C13H22O2. The molecule has 0 aromatic heterocycles. The van der Waals surface area contributed by atoms with Crippen LogP contribution in [0.15, 0.2) is 11.1 Å². The molecule has 0 amide bonds. The summed E-state index contributed by atoms with van der Waals surface area (Å²) in [6.45, 7) is 4.41. The lowest BCUT2D eigenvalue weighted by Gasteiger charge is -2.24. The van der Waals surface area contributed by atoms with Crippen molar-refractivity contribution in [2.45, 2.75) is 58.8 Å². The topological polar surface area (TPSA) is 37.3 Å². The van der Waals surface area contributed by atoms with Gasteiger partial charge in [0.15, 0.2) is 0 Å². The standard InChI is InChI=1S/C13H22O2/c1-3-5-6-10(4-2)9-11-7-8-12(11)13(14)15/h10H,3-9H2,1-2H3,(H,14,15). The molecule has 1 atom stereocenters. The van der Waals surface area contributed by atoms with E-state index in [1.54, 1.807) is 0 Å². The maximum atomic E-state index is 10.8. The molecular weight excluding hydrogens is 188 g/mol. The summed E-state index contributed by atoms with van der Waals surface area (Å²) in [5, 5.41) is 8.91. The van der Waals surface area contributed by atoms with Gasteiger partial charge in [0.2, 0.25) is 0 Å². The third-order valence-corrected chi connectivity index (χ3v) is 3.44. The van der Waals surface area contributed by atoms with Gasteiger partial charge in [0.1, 0.15) is 0 Å². The van der Waals surface area contributed by atoms with Gasteiger partial charge in [-0.3, -0.25) is 0 Å². The predicted molar refractivity (Wildman–Crippen MR) is 61.8 cm³/mol. The van der Waals surface area contributed by atoms with E-state index in [9.17, 15) is 4.79 Å². The fourth-order valence-electron chi connectivity index (χ4n) is 2.20. The monoisotopic (exact) mass is 210 g/mol. The van der Waals surface area contributed by atoms with Crippen molar-refractivity contribution in [2.24, 2.45) is 5.92 Å². The lowest BCUT2D eigenvalue weighted by atomic mass is 9.80. The Hall–Kier alpha value is -0.790. The lowest BCUT2D eigenvalue weighted by molar-refractivity contribution is -0.133. The maximum absolute atomic E-state index is 10.8. The van der Waals surface area contributed by atoms with Crippen LogP contribution in [0.2, 0.25) is 0 Å². The van der Waals surface area contributed by atoms with Crippen molar-refractivity contribution in [3.8, 4) is 0 Å². The normalized spacial score (nSPS) is 17.5. The Morgan fingerprint density at radius 1 is 1.40 bits per heavy atom. The highest BCUT2D eigenvalue weighted by Crippen LogP contribution is 2.35. The second-order valence-electron chi connectivity index (χ2n) is 4.51. The van der Waals surface area contributed by atoms with Crippen LogP contribution >= 0.6 is 0 Å². The molecule has 86 valence electrons. The lowest BCUT2D eigenvalue weighted by Crippen LogP contribution is -2.15. The number of carbonyl (C=O) groups is 1. The molecule has 0 heterocycles. The second-order valence-corrected chi connectivity index (χ2v) is 4.51. The summed E-state index contributed by atoms with van der Waals surface area (Å²) in [4.78, 5) is 10.8. The molecule has 0 spiro atoms. The molecule has 2 nitrogen and oxygen atoms in total. The highest BCUT2D eigenvalue weighted by Gasteiger charge is 2.24. The summed E-state index contributed by atoms with van der Waals surface area (Å²) < 4.78 is 0. The third-order valence-electron chi connectivity index (χ3n) is 3.44. The number of hydrogen-bond acceptors (Lipinski definition) is 1. The van der Waals surface area contributed by atoms with Gasteiger partial charge in [-0.05, 0) is 25.2 Å². The van der Waals surface area contributed by atoms with Crippen LogP contribution in [0.3, 0.4) is 0 Å². The van der Waals surface area contributed by atoms with Gasteiger partial charge >= 0.3 is 5.97 Å². The van der Waals surface area contributed by atoms with Gasteiger partial charge in [-0.25, -0.2) is 4.79 Å². The van der Waals surface area contributed by atoms with Crippen LogP contribution in [-0.4, -0.2) is 11.1 Å². The smallest absolute Gasteiger partial charge is 0.331 e. The van der Waals surface area contributed by atoms with Crippen LogP contribution in [0.4, 0.5) is 0 Å². The fourth-order valence-corrected chi connectivity index (χ4v) is 2.20. The van der Waals surface area contributed by atoms with E-state index in [0.717, 1.165) is 19.3 Å². The van der Waals surface area contributed by atoms with Crippen LogP contribution in [-0.2, 0) is 4.79 Å². The first-order valence-corrected chi connectivity index (χ1v) is 6.13. The first-order valence-electron chi connectivity index (χ1n) is 6.13. The molecule has 0 saturated heterocycles. The van der Waals surface area contributed by atoms with Gasteiger partial charge in [0, 0.05) is 5.57 Å². The van der Waals surface area contributed by atoms with E-state index in [0.29, 0.717) is 11.5 Å². The molecule has 1 N–H and O–H groups in total. The molecule has 0 radical (unpaired) electrons. The van der Waals surface area contributed by atoms with Gasteiger partial charge in [-0.2, -0.15) is 0 Å². The Kier molecular flexibility index (Phi) is 4.86. The molecule has 0 fully saturated rings. The van der Waals surface area contributed by atoms with Gasteiger partial charge in [-0.1, -0.05) is 45.1 Å². The molecule has 0 aliphatic heterocycles. The third kappa shape index (κ3) is 3.37. The van der Waals surface area contributed by atoms with Crippen molar-refractivity contribution in [2.75, 3.05) is 0 Å². The zero-order valence-corrected chi connectivity index (χ0v) is 9.88. The number of carboxylic acids is 1. The fraction of sp³-hybridized carbons (Fsp3) is 0.769.